The van der Waals surface area contributed by atoms with E-state index in [4.69, 9.17) is 17.2 Å². The van der Waals surface area contributed by atoms with E-state index in [2.05, 4.69) is 73.5 Å². The number of aliphatic imine (C=N–C) groups is 1. The minimum absolute atomic E-state index is 0.155. The van der Waals surface area contributed by atoms with Gasteiger partial charge in [0.1, 0.15) is 11.4 Å². The number of rotatable bonds is 3. The largest absolute Gasteiger partial charge is 0.341 e. The summed E-state index contributed by atoms with van der Waals surface area (Å²) in [4.78, 5) is 7.23. The van der Waals surface area contributed by atoms with Gasteiger partial charge < -0.3 is 10.2 Å². The van der Waals surface area contributed by atoms with Crippen molar-refractivity contribution >= 4 is 34.5 Å². The summed E-state index contributed by atoms with van der Waals surface area (Å²) >= 11 is 5.79. The van der Waals surface area contributed by atoms with Crippen LogP contribution in [-0.4, -0.2) is 16.5 Å². The zero-order chi connectivity index (χ0) is 19.7. The molecule has 1 fully saturated rings. The summed E-state index contributed by atoms with van der Waals surface area (Å²) in [6.45, 7) is 6.49. The van der Waals surface area contributed by atoms with Crippen LogP contribution in [0.3, 0.4) is 0 Å². The van der Waals surface area contributed by atoms with E-state index in [1.54, 1.807) is 0 Å². The van der Waals surface area contributed by atoms with Crippen LogP contribution in [0, 0.1) is 13.8 Å². The molecule has 28 heavy (non-hydrogen) atoms. The number of anilines is 2. The van der Waals surface area contributed by atoms with Crippen LogP contribution in [0.1, 0.15) is 55.7 Å². The van der Waals surface area contributed by atoms with Gasteiger partial charge in [-0.1, -0.05) is 62.1 Å². The first-order valence-electron chi connectivity index (χ1n) is 10.4. The third-order valence-electron chi connectivity index (χ3n) is 6.22. The van der Waals surface area contributed by atoms with Gasteiger partial charge in [-0.3, -0.25) is 0 Å². The smallest absolute Gasteiger partial charge is 0.202 e. The van der Waals surface area contributed by atoms with Crippen molar-refractivity contribution in [3.8, 4) is 0 Å². The van der Waals surface area contributed by atoms with Crippen molar-refractivity contribution in [2.24, 2.45) is 4.99 Å². The molecule has 0 bridgehead atoms. The first-order chi connectivity index (χ1) is 13.5. The molecule has 1 spiro atoms. The molecule has 1 aliphatic heterocycles. The van der Waals surface area contributed by atoms with E-state index in [1.165, 1.54) is 41.6 Å². The lowest BCUT2D eigenvalue weighted by Gasteiger charge is -2.43. The molecule has 0 amide bonds. The highest BCUT2D eigenvalue weighted by Crippen LogP contribution is 2.42. The number of thiocarbonyl (C=S) groups is 1. The van der Waals surface area contributed by atoms with Crippen molar-refractivity contribution < 1.29 is 0 Å². The van der Waals surface area contributed by atoms with Gasteiger partial charge in [-0.05, 0) is 68.6 Å². The standard InChI is InChI=1S/C24H29N3S/c1-4-19-10-8-9-18(3)21(19)25-22-24(15-6-5-7-16-24)27(23(28)26-22)20-13-11-17(2)12-14-20/h8-14H,4-7,15-16H2,1-3H3,(H,25,26,28). The fourth-order valence-electron chi connectivity index (χ4n) is 4.65. The Morgan fingerprint density at radius 1 is 1.04 bits per heavy atom. The summed E-state index contributed by atoms with van der Waals surface area (Å²) in [7, 11) is 0. The van der Waals surface area contributed by atoms with Crippen LogP contribution < -0.4 is 10.2 Å². The number of nitrogens with one attached hydrogen (secondary N) is 1. The fraction of sp³-hybridized carbons (Fsp3) is 0.417. The molecule has 146 valence electrons. The monoisotopic (exact) mass is 391 g/mol. The van der Waals surface area contributed by atoms with Gasteiger partial charge in [0.15, 0.2) is 0 Å². The van der Waals surface area contributed by atoms with Gasteiger partial charge >= 0.3 is 0 Å². The quantitative estimate of drug-likeness (QED) is 0.633. The molecule has 2 aromatic rings. The predicted octanol–water partition coefficient (Wildman–Crippen LogP) is 6.18. The Kier molecular flexibility index (Phi) is 5.24. The molecule has 1 aliphatic carbocycles. The van der Waals surface area contributed by atoms with E-state index < -0.39 is 0 Å². The number of hydrogen-bond donors (Lipinski definition) is 1. The fourth-order valence-corrected chi connectivity index (χ4v) is 5.02. The molecule has 2 aromatic carbocycles. The molecule has 1 N–H and O–H groups in total. The Bertz CT molecular complexity index is 908. The highest BCUT2D eigenvalue weighted by atomic mass is 32.1. The van der Waals surface area contributed by atoms with Gasteiger partial charge in [0.05, 0.1) is 0 Å². The first kappa shape index (κ1) is 19.1. The number of benzene rings is 2. The third kappa shape index (κ3) is 3.24. The van der Waals surface area contributed by atoms with Crippen LogP contribution in [0.4, 0.5) is 11.4 Å². The van der Waals surface area contributed by atoms with Crippen LogP contribution in [0.5, 0.6) is 0 Å². The van der Waals surface area contributed by atoms with E-state index in [9.17, 15) is 0 Å². The number of aryl methyl sites for hydroxylation is 3. The van der Waals surface area contributed by atoms with Crippen molar-refractivity contribution in [2.75, 3.05) is 10.2 Å². The molecule has 0 unspecified atom stereocenters. The summed E-state index contributed by atoms with van der Waals surface area (Å²) in [5.41, 5.74) is 6.04. The molecule has 0 radical (unpaired) electrons. The van der Waals surface area contributed by atoms with Crippen molar-refractivity contribution in [3.63, 3.8) is 0 Å². The van der Waals surface area contributed by atoms with Crippen LogP contribution >= 0.6 is 12.2 Å². The molecule has 4 rings (SSSR count). The lowest BCUT2D eigenvalue weighted by atomic mass is 9.79. The average Bonchev–Trinajstić information content (AvgIpc) is 2.95. The van der Waals surface area contributed by atoms with Gasteiger partial charge in [-0.15, -0.1) is 0 Å². The second kappa shape index (κ2) is 7.67. The van der Waals surface area contributed by atoms with Gasteiger partial charge in [0, 0.05) is 11.4 Å². The Morgan fingerprint density at radius 2 is 1.75 bits per heavy atom. The minimum atomic E-state index is -0.155. The van der Waals surface area contributed by atoms with Crippen molar-refractivity contribution in [3.05, 3.63) is 59.2 Å². The number of nitrogens with zero attached hydrogens (tertiary/aromatic N) is 2. The van der Waals surface area contributed by atoms with E-state index in [-0.39, 0.29) is 5.54 Å². The molecule has 2 aliphatic rings. The second-order valence-corrected chi connectivity index (χ2v) is 8.46. The maximum Gasteiger partial charge on any atom is 0.202 e. The Balaban J connectivity index is 1.76. The SMILES string of the molecule is CCc1cccc(C)c1NC1=NC(=S)N(c2ccc(C)cc2)C12CCCCC2. The summed E-state index contributed by atoms with van der Waals surface area (Å²) in [5.74, 6) is 1.03. The zero-order valence-corrected chi connectivity index (χ0v) is 17.9. The molecular formula is C24H29N3S. The minimum Gasteiger partial charge on any atom is -0.341 e. The predicted molar refractivity (Wildman–Crippen MR) is 124 cm³/mol. The van der Waals surface area contributed by atoms with Crippen LogP contribution in [0.15, 0.2) is 47.5 Å². The van der Waals surface area contributed by atoms with E-state index in [0.29, 0.717) is 5.11 Å². The number of amidine groups is 1. The second-order valence-electron chi connectivity index (χ2n) is 8.09. The lowest BCUT2D eigenvalue weighted by molar-refractivity contribution is 0.386. The molecule has 0 aromatic heterocycles. The molecule has 4 heteroatoms. The zero-order valence-electron chi connectivity index (χ0n) is 17.1. The van der Waals surface area contributed by atoms with E-state index >= 15 is 0 Å². The molecule has 1 heterocycles. The summed E-state index contributed by atoms with van der Waals surface area (Å²) in [5, 5.41) is 4.43. The molecule has 0 atom stereocenters. The highest BCUT2D eigenvalue weighted by Gasteiger charge is 2.49. The van der Waals surface area contributed by atoms with Crippen LogP contribution in [0.25, 0.3) is 0 Å². The summed E-state index contributed by atoms with van der Waals surface area (Å²) < 4.78 is 0. The molecule has 0 saturated heterocycles. The van der Waals surface area contributed by atoms with Crippen molar-refractivity contribution in [1.82, 2.24) is 0 Å². The topological polar surface area (TPSA) is 27.6 Å². The van der Waals surface area contributed by atoms with Gasteiger partial charge in [0.2, 0.25) is 5.11 Å². The van der Waals surface area contributed by atoms with Crippen LogP contribution in [-0.2, 0) is 6.42 Å². The molecular weight excluding hydrogens is 362 g/mol. The Morgan fingerprint density at radius 3 is 2.43 bits per heavy atom. The lowest BCUT2D eigenvalue weighted by Crippen LogP contribution is -2.55. The number of hydrogen-bond acceptors (Lipinski definition) is 2. The van der Waals surface area contributed by atoms with Gasteiger partial charge in [0.25, 0.3) is 0 Å². The normalized spacial score (nSPS) is 18.5. The highest BCUT2D eigenvalue weighted by molar-refractivity contribution is 7.80. The van der Waals surface area contributed by atoms with Crippen molar-refractivity contribution in [1.29, 1.82) is 0 Å². The van der Waals surface area contributed by atoms with Crippen molar-refractivity contribution in [2.45, 2.75) is 64.8 Å². The summed E-state index contributed by atoms with van der Waals surface area (Å²) in [6, 6.07) is 15.2. The van der Waals surface area contributed by atoms with Gasteiger partial charge in [-0.25, -0.2) is 4.99 Å². The maximum atomic E-state index is 5.79. The first-order valence-corrected chi connectivity index (χ1v) is 10.8. The maximum absolute atomic E-state index is 5.79. The third-order valence-corrected chi connectivity index (χ3v) is 6.50. The average molecular weight is 392 g/mol. The number of para-hydroxylation sites is 1. The van der Waals surface area contributed by atoms with E-state index in [1.807, 2.05) is 0 Å². The molecule has 1 saturated carbocycles. The van der Waals surface area contributed by atoms with Crippen LogP contribution in [0.2, 0.25) is 0 Å². The van der Waals surface area contributed by atoms with Gasteiger partial charge in [-0.2, -0.15) is 0 Å². The Labute approximate surface area is 173 Å². The summed E-state index contributed by atoms with van der Waals surface area (Å²) in [6.07, 6.45) is 6.87. The van der Waals surface area contributed by atoms with E-state index in [0.717, 1.165) is 30.8 Å². The molecule has 3 nitrogen and oxygen atoms in total. The Hall–Kier alpha value is -2.20.